The Kier molecular flexibility index (Phi) is 9.60. The lowest BCUT2D eigenvalue weighted by molar-refractivity contribution is -0.155. The molecule has 1 fully saturated rings. The molecule has 3 amide bonds. The summed E-state index contributed by atoms with van der Waals surface area (Å²) in [5.41, 5.74) is 0.301. The number of fused-ring (bicyclic) bond motifs is 1. The maximum atomic E-state index is 13.5. The van der Waals surface area contributed by atoms with Crippen LogP contribution in [0.2, 0.25) is 5.02 Å². The molecule has 12 heteroatoms. The minimum atomic E-state index is -1.06. The number of aryl methyl sites for hydroxylation is 1. The Labute approximate surface area is 232 Å². The Morgan fingerprint density at radius 3 is 2.36 bits per heavy atom. The van der Waals surface area contributed by atoms with Gasteiger partial charge in [0.15, 0.2) is 0 Å². The summed E-state index contributed by atoms with van der Waals surface area (Å²) in [7, 11) is 0. The zero-order chi connectivity index (χ0) is 28.9. The number of carbonyl (C=O) groups excluding carboxylic acids is 4. The smallest absolute Gasteiger partial charge is 0.409 e. The van der Waals surface area contributed by atoms with E-state index in [0.29, 0.717) is 15.9 Å². The van der Waals surface area contributed by atoms with Crippen molar-refractivity contribution in [3.63, 3.8) is 0 Å². The van der Waals surface area contributed by atoms with Gasteiger partial charge in [-0.3, -0.25) is 14.4 Å². The molecule has 39 heavy (non-hydrogen) atoms. The highest BCUT2D eigenvalue weighted by atomic mass is 35.5. The van der Waals surface area contributed by atoms with Crippen molar-refractivity contribution >= 4 is 46.4 Å². The third-order valence-corrected chi connectivity index (χ3v) is 6.49. The Morgan fingerprint density at radius 1 is 1.10 bits per heavy atom. The van der Waals surface area contributed by atoms with E-state index in [1.165, 1.54) is 15.9 Å². The van der Waals surface area contributed by atoms with Crippen molar-refractivity contribution in [3.05, 3.63) is 34.5 Å². The van der Waals surface area contributed by atoms with Crippen LogP contribution in [-0.2, 0) is 19.1 Å². The van der Waals surface area contributed by atoms with Crippen molar-refractivity contribution in [1.29, 1.82) is 0 Å². The van der Waals surface area contributed by atoms with Gasteiger partial charge in [0, 0.05) is 49.1 Å². The van der Waals surface area contributed by atoms with Crippen LogP contribution in [0, 0.1) is 6.92 Å². The Balaban J connectivity index is 1.78. The number of hydrogen-bond donors (Lipinski definition) is 2. The molecule has 1 aromatic carbocycles. The number of rotatable bonds is 7. The van der Waals surface area contributed by atoms with Crippen LogP contribution in [0.15, 0.2) is 18.2 Å². The predicted molar refractivity (Wildman–Crippen MR) is 145 cm³/mol. The SMILES string of the molecule is CCOC(=O)N1CCN(C(=O)[C@H](CCC(=O)OC(C)(C)C)NC(=O)c2cc(O)c3cc(Cl)c(C)cc3n2)CC1. The van der Waals surface area contributed by atoms with Gasteiger partial charge in [-0.25, -0.2) is 9.78 Å². The van der Waals surface area contributed by atoms with E-state index in [4.69, 9.17) is 21.1 Å². The lowest BCUT2D eigenvalue weighted by Crippen LogP contribution is -2.56. The van der Waals surface area contributed by atoms with Crippen molar-refractivity contribution < 1.29 is 33.8 Å². The molecule has 1 saturated heterocycles. The summed E-state index contributed by atoms with van der Waals surface area (Å²) in [5, 5.41) is 14.0. The molecular formula is C27H35ClN4O7. The first-order chi connectivity index (χ1) is 18.3. The fourth-order valence-corrected chi connectivity index (χ4v) is 4.30. The molecule has 0 bridgehead atoms. The van der Waals surface area contributed by atoms with Gasteiger partial charge in [0.05, 0.1) is 12.1 Å². The van der Waals surface area contributed by atoms with Gasteiger partial charge in [-0.15, -0.1) is 0 Å². The number of carbonyl (C=O) groups is 4. The average Bonchev–Trinajstić information content (AvgIpc) is 2.86. The average molecular weight is 563 g/mol. The van der Waals surface area contributed by atoms with Crippen molar-refractivity contribution in [3.8, 4) is 5.75 Å². The van der Waals surface area contributed by atoms with Crippen LogP contribution in [-0.4, -0.2) is 88.2 Å². The third-order valence-electron chi connectivity index (χ3n) is 6.08. The topological polar surface area (TPSA) is 138 Å². The number of nitrogens with one attached hydrogen (secondary N) is 1. The Morgan fingerprint density at radius 2 is 1.74 bits per heavy atom. The molecule has 0 unspecified atom stereocenters. The van der Waals surface area contributed by atoms with Crippen molar-refractivity contribution in [2.45, 2.75) is 59.1 Å². The molecule has 11 nitrogen and oxygen atoms in total. The summed E-state index contributed by atoms with van der Waals surface area (Å²) in [5.74, 6) is -1.77. The second-order valence-electron chi connectivity index (χ2n) is 10.3. The molecule has 0 aliphatic carbocycles. The molecular weight excluding hydrogens is 528 g/mol. The van der Waals surface area contributed by atoms with Crippen LogP contribution in [0.5, 0.6) is 5.75 Å². The number of ether oxygens (including phenoxy) is 2. The van der Waals surface area contributed by atoms with Gasteiger partial charge in [0.1, 0.15) is 23.1 Å². The number of benzene rings is 1. The predicted octanol–water partition coefficient (Wildman–Crippen LogP) is 3.42. The normalized spacial score (nSPS) is 14.6. The van der Waals surface area contributed by atoms with E-state index in [1.807, 2.05) is 0 Å². The molecule has 0 spiro atoms. The van der Waals surface area contributed by atoms with Crippen LogP contribution in [0.25, 0.3) is 10.9 Å². The van der Waals surface area contributed by atoms with Gasteiger partial charge in [-0.1, -0.05) is 11.6 Å². The first kappa shape index (κ1) is 29.9. The highest BCUT2D eigenvalue weighted by Crippen LogP contribution is 2.29. The lowest BCUT2D eigenvalue weighted by Gasteiger charge is -2.36. The molecule has 0 radical (unpaired) electrons. The number of pyridine rings is 1. The highest BCUT2D eigenvalue weighted by molar-refractivity contribution is 6.32. The number of esters is 1. The molecule has 212 valence electrons. The Hall–Kier alpha value is -3.60. The van der Waals surface area contributed by atoms with E-state index in [9.17, 15) is 24.3 Å². The second kappa shape index (κ2) is 12.5. The van der Waals surface area contributed by atoms with Crippen LogP contribution in [0.3, 0.4) is 0 Å². The molecule has 2 aromatic rings. The van der Waals surface area contributed by atoms with Gasteiger partial charge < -0.3 is 29.7 Å². The minimum Gasteiger partial charge on any atom is -0.507 e. The van der Waals surface area contributed by atoms with Crippen LogP contribution in [0.4, 0.5) is 4.79 Å². The van der Waals surface area contributed by atoms with Gasteiger partial charge in [0.25, 0.3) is 5.91 Å². The van der Waals surface area contributed by atoms with Gasteiger partial charge >= 0.3 is 12.1 Å². The van der Waals surface area contributed by atoms with Gasteiger partial charge in [-0.05, 0) is 58.7 Å². The first-order valence-electron chi connectivity index (χ1n) is 12.8. The molecule has 1 atom stereocenters. The summed E-state index contributed by atoms with van der Waals surface area (Å²) in [6, 6.07) is 3.36. The number of hydrogen-bond acceptors (Lipinski definition) is 8. The van der Waals surface area contributed by atoms with Crippen LogP contribution < -0.4 is 5.32 Å². The lowest BCUT2D eigenvalue weighted by atomic mass is 10.1. The molecule has 1 aliphatic rings. The van der Waals surface area contributed by atoms with E-state index in [1.54, 1.807) is 46.8 Å². The number of amides is 3. The van der Waals surface area contributed by atoms with E-state index < -0.39 is 35.5 Å². The fourth-order valence-electron chi connectivity index (χ4n) is 4.14. The highest BCUT2D eigenvalue weighted by Gasteiger charge is 2.32. The number of aromatic hydroxyl groups is 1. The van der Waals surface area contributed by atoms with Gasteiger partial charge in [-0.2, -0.15) is 0 Å². The minimum absolute atomic E-state index is 0.00808. The van der Waals surface area contributed by atoms with Crippen LogP contribution >= 0.6 is 11.6 Å². The van der Waals surface area contributed by atoms with E-state index >= 15 is 0 Å². The molecule has 0 saturated carbocycles. The molecule has 1 aromatic heterocycles. The second-order valence-corrected chi connectivity index (χ2v) is 10.7. The number of halogens is 1. The summed E-state index contributed by atoms with van der Waals surface area (Å²) >= 11 is 6.16. The molecule has 1 aliphatic heterocycles. The summed E-state index contributed by atoms with van der Waals surface area (Å²) in [4.78, 5) is 58.5. The molecule has 3 rings (SSSR count). The first-order valence-corrected chi connectivity index (χ1v) is 13.2. The van der Waals surface area contributed by atoms with Crippen molar-refractivity contribution in [2.24, 2.45) is 0 Å². The largest absolute Gasteiger partial charge is 0.507 e. The number of nitrogens with zero attached hydrogens (tertiary/aromatic N) is 3. The van der Waals surface area contributed by atoms with Crippen LogP contribution in [0.1, 0.15) is 56.6 Å². The molecule has 2 N–H and O–H groups in total. The third kappa shape index (κ3) is 7.95. The summed E-state index contributed by atoms with van der Waals surface area (Å²) < 4.78 is 10.4. The maximum Gasteiger partial charge on any atom is 0.409 e. The van der Waals surface area contributed by atoms with E-state index in [2.05, 4.69) is 10.3 Å². The quantitative estimate of drug-likeness (QED) is 0.489. The Bertz CT molecular complexity index is 1250. The zero-order valence-corrected chi connectivity index (χ0v) is 23.6. The zero-order valence-electron chi connectivity index (χ0n) is 22.9. The molecule has 2 heterocycles. The van der Waals surface area contributed by atoms with E-state index in [-0.39, 0.29) is 57.1 Å². The van der Waals surface area contributed by atoms with Crippen molar-refractivity contribution in [1.82, 2.24) is 20.1 Å². The van der Waals surface area contributed by atoms with Gasteiger partial charge in [0.2, 0.25) is 5.91 Å². The fraction of sp³-hybridized carbons (Fsp3) is 0.519. The monoisotopic (exact) mass is 562 g/mol. The maximum absolute atomic E-state index is 13.5. The van der Waals surface area contributed by atoms with E-state index in [0.717, 1.165) is 5.56 Å². The standard InChI is InChI=1S/C27H35ClN4O7/c1-6-38-26(37)32-11-9-31(10-12-32)25(36)19(7-8-23(34)39-27(3,4)5)30-24(35)21-15-22(33)17-14-18(28)16(2)13-20(17)29-21/h13-15,19H,6-12H2,1-5H3,(H,29,33)(H,30,35)/t19-/m0/s1. The number of piperazine rings is 1. The summed E-state index contributed by atoms with van der Waals surface area (Å²) in [6.07, 6.45) is -0.561. The van der Waals surface area contributed by atoms with Crippen molar-refractivity contribution in [2.75, 3.05) is 32.8 Å². The summed E-state index contributed by atoms with van der Waals surface area (Å²) in [6.45, 7) is 10.0. The number of aromatic nitrogens is 1.